The van der Waals surface area contributed by atoms with Gasteiger partial charge in [-0.1, -0.05) is 40.0 Å². The number of carbonyl (C=O) groups is 2. The summed E-state index contributed by atoms with van der Waals surface area (Å²) in [6.07, 6.45) is 9.70. The lowest BCUT2D eigenvalue weighted by molar-refractivity contribution is 0.0908. The van der Waals surface area contributed by atoms with Crippen molar-refractivity contribution in [1.29, 1.82) is 0 Å². The van der Waals surface area contributed by atoms with E-state index in [0.717, 1.165) is 47.5 Å². The van der Waals surface area contributed by atoms with E-state index in [0.29, 0.717) is 17.5 Å². The third-order valence-electron chi connectivity index (χ3n) is 8.06. The Morgan fingerprint density at radius 1 is 0.865 bits per heavy atom. The molecule has 5 heteroatoms. The normalized spacial score (nSPS) is 17.4. The molecule has 5 nitrogen and oxygen atoms in total. The van der Waals surface area contributed by atoms with Gasteiger partial charge in [0.15, 0.2) is 0 Å². The maximum absolute atomic E-state index is 13.3. The second-order valence-corrected chi connectivity index (χ2v) is 13.5. The maximum Gasteiger partial charge on any atom is 0.253 e. The van der Waals surface area contributed by atoms with Crippen LogP contribution in [0.15, 0.2) is 24.3 Å². The van der Waals surface area contributed by atoms with Crippen molar-refractivity contribution in [2.24, 2.45) is 5.92 Å². The molecule has 0 radical (unpaired) electrons. The number of amides is 2. The molecule has 0 bridgehead atoms. The lowest BCUT2D eigenvalue weighted by Crippen LogP contribution is -2.40. The summed E-state index contributed by atoms with van der Waals surface area (Å²) in [6.45, 7) is 15.6. The van der Waals surface area contributed by atoms with Crippen molar-refractivity contribution in [1.82, 2.24) is 15.2 Å². The fraction of sp³-hybridized carbons (Fsp3) is 0.625. The van der Waals surface area contributed by atoms with E-state index in [1.807, 2.05) is 32.9 Å². The standard InChI is InChI=1S/C32H47N3O2/c1-21-27(30(37)33-26-14-11-15-26)19-28(35(21)20-22-12-9-8-10-13-22)23-16-24(29(36)34-32(5,6)7)18-25(17-23)31(2,3)4/h16-19,22,26H,8-15,20H2,1-7H3,(H,33,37)(H,34,36). The molecule has 4 rings (SSSR count). The van der Waals surface area contributed by atoms with Crippen LogP contribution in [0.3, 0.4) is 0 Å². The Hall–Kier alpha value is -2.56. The summed E-state index contributed by atoms with van der Waals surface area (Å²) in [5, 5.41) is 6.38. The van der Waals surface area contributed by atoms with Gasteiger partial charge in [-0.25, -0.2) is 0 Å². The zero-order valence-corrected chi connectivity index (χ0v) is 24.1. The number of nitrogens with one attached hydrogen (secondary N) is 2. The molecule has 2 saturated carbocycles. The SMILES string of the molecule is Cc1c(C(=O)NC2CCC2)cc(-c2cc(C(=O)NC(C)(C)C)cc(C(C)(C)C)c2)n1CC1CCCCC1. The first kappa shape index (κ1) is 27.5. The molecule has 37 heavy (non-hydrogen) atoms. The van der Waals surface area contributed by atoms with Gasteiger partial charge in [-0.2, -0.15) is 0 Å². The Bertz CT molecular complexity index is 1140. The smallest absolute Gasteiger partial charge is 0.253 e. The number of carbonyl (C=O) groups excluding carboxylic acids is 2. The molecule has 202 valence electrons. The van der Waals surface area contributed by atoms with Crippen molar-refractivity contribution >= 4 is 11.8 Å². The van der Waals surface area contributed by atoms with E-state index in [1.165, 1.54) is 38.5 Å². The van der Waals surface area contributed by atoms with E-state index in [4.69, 9.17) is 0 Å². The van der Waals surface area contributed by atoms with Crippen molar-refractivity contribution in [2.75, 3.05) is 0 Å². The molecule has 0 unspecified atom stereocenters. The monoisotopic (exact) mass is 505 g/mol. The lowest BCUT2D eigenvalue weighted by Gasteiger charge is -2.26. The van der Waals surface area contributed by atoms with Crippen LogP contribution in [0, 0.1) is 12.8 Å². The number of rotatable bonds is 6. The van der Waals surface area contributed by atoms with Crippen molar-refractivity contribution in [2.45, 2.75) is 123 Å². The van der Waals surface area contributed by atoms with E-state index in [9.17, 15) is 9.59 Å². The van der Waals surface area contributed by atoms with Gasteiger partial charge in [0.05, 0.1) is 5.56 Å². The third-order valence-corrected chi connectivity index (χ3v) is 8.06. The first-order valence-electron chi connectivity index (χ1n) is 14.3. The summed E-state index contributed by atoms with van der Waals surface area (Å²) in [4.78, 5) is 26.6. The number of benzene rings is 1. The van der Waals surface area contributed by atoms with Crippen LogP contribution in [0.5, 0.6) is 0 Å². The van der Waals surface area contributed by atoms with Gasteiger partial charge < -0.3 is 15.2 Å². The van der Waals surface area contributed by atoms with Gasteiger partial charge in [0.1, 0.15) is 0 Å². The Labute approximate surface area is 223 Å². The topological polar surface area (TPSA) is 63.1 Å². The quantitative estimate of drug-likeness (QED) is 0.438. The van der Waals surface area contributed by atoms with Gasteiger partial charge in [-0.15, -0.1) is 0 Å². The molecule has 2 aliphatic carbocycles. The molecule has 2 fully saturated rings. The second kappa shape index (κ2) is 10.7. The predicted molar refractivity (Wildman–Crippen MR) is 152 cm³/mol. The van der Waals surface area contributed by atoms with Gasteiger partial charge in [0.25, 0.3) is 11.8 Å². The first-order chi connectivity index (χ1) is 17.3. The molecule has 2 aromatic rings. The first-order valence-corrected chi connectivity index (χ1v) is 14.3. The van der Waals surface area contributed by atoms with Crippen molar-refractivity contribution < 1.29 is 9.59 Å². The highest BCUT2D eigenvalue weighted by atomic mass is 16.2. The van der Waals surface area contributed by atoms with Crippen molar-refractivity contribution in [3.63, 3.8) is 0 Å². The summed E-state index contributed by atoms with van der Waals surface area (Å²) in [5.74, 6) is 0.587. The fourth-order valence-electron chi connectivity index (χ4n) is 5.55. The molecule has 1 aromatic heterocycles. The summed E-state index contributed by atoms with van der Waals surface area (Å²) in [5.41, 5.74) is 5.19. The van der Waals surface area contributed by atoms with Gasteiger partial charge in [0.2, 0.25) is 0 Å². The number of aromatic nitrogens is 1. The third kappa shape index (κ3) is 6.66. The Morgan fingerprint density at radius 2 is 1.54 bits per heavy atom. The molecule has 2 aliphatic rings. The fourth-order valence-corrected chi connectivity index (χ4v) is 5.55. The van der Waals surface area contributed by atoms with Crippen LogP contribution in [-0.2, 0) is 12.0 Å². The average Bonchev–Trinajstić information content (AvgIpc) is 3.11. The van der Waals surface area contributed by atoms with E-state index in [2.05, 4.69) is 55.0 Å². The molecule has 1 heterocycles. The van der Waals surface area contributed by atoms with E-state index in [-0.39, 0.29) is 22.8 Å². The van der Waals surface area contributed by atoms with Crippen LogP contribution >= 0.6 is 0 Å². The largest absolute Gasteiger partial charge is 0.349 e. The van der Waals surface area contributed by atoms with E-state index >= 15 is 0 Å². The van der Waals surface area contributed by atoms with Crippen LogP contribution in [0.2, 0.25) is 0 Å². The Balaban J connectivity index is 1.80. The molecular weight excluding hydrogens is 458 g/mol. The Kier molecular flexibility index (Phi) is 7.92. The highest BCUT2D eigenvalue weighted by Crippen LogP contribution is 2.35. The van der Waals surface area contributed by atoms with Crippen LogP contribution in [-0.4, -0.2) is 28.0 Å². The van der Waals surface area contributed by atoms with Crippen LogP contribution < -0.4 is 10.6 Å². The Morgan fingerprint density at radius 3 is 2.11 bits per heavy atom. The minimum Gasteiger partial charge on any atom is -0.349 e. The molecule has 0 spiro atoms. The van der Waals surface area contributed by atoms with Crippen LogP contribution in [0.25, 0.3) is 11.3 Å². The molecule has 0 atom stereocenters. The van der Waals surface area contributed by atoms with Gasteiger partial charge in [-0.3, -0.25) is 9.59 Å². The average molecular weight is 506 g/mol. The summed E-state index contributed by atoms with van der Waals surface area (Å²) in [7, 11) is 0. The van der Waals surface area contributed by atoms with Crippen LogP contribution in [0.4, 0.5) is 0 Å². The lowest BCUT2D eigenvalue weighted by atomic mass is 9.84. The molecular formula is C32H47N3O2. The summed E-state index contributed by atoms with van der Waals surface area (Å²) in [6, 6.07) is 8.62. The second-order valence-electron chi connectivity index (χ2n) is 13.5. The van der Waals surface area contributed by atoms with Gasteiger partial charge in [-0.05, 0) is 107 Å². The summed E-state index contributed by atoms with van der Waals surface area (Å²) < 4.78 is 2.36. The zero-order valence-electron chi connectivity index (χ0n) is 24.1. The van der Waals surface area contributed by atoms with Crippen molar-refractivity contribution in [3.8, 4) is 11.3 Å². The minimum absolute atomic E-state index is 0.0310. The maximum atomic E-state index is 13.3. The molecule has 0 saturated heterocycles. The minimum atomic E-state index is -0.320. The molecule has 0 aliphatic heterocycles. The van der Waals surface area contributed by atoms with E-state index in [1.54, 1.807) is 0 Å². The predicted octanol–water partition coefficient (Wildman–Crippen LogP) is 7.15. The number of nitrogens with zero attached hydrogens (tertiary/aromatic N) is 1. The zero-order chi connectivity index (χ0) is 27.0. The van der Waals surface area contributed by atoms with Gasteiger partial charge in [0, 0.05) is 35.1 Å². The summed E-state index contributed by atoms with van der Waals surface area (Å²) >= 11 is 0. The number of hydrogen-bond donors (Lipinski definition) is 2. The molecule has 2 N–H and O–H groups in total. The number of hydrogen-bond acceptors (Lipinski definition) is 2. The van der Waals surface area contributed by atoms with Crippen LogP contribution in [0.1, 0.15) is 125 Å². The molecule has 1 aromatic carbocycles. The van der Waals surface area contributed by atoms with Crippen molar-refractivity contribution in [3.05, 3.63) is 46.6 Å². The van der Waals surface area contributed by atoms with E-state index < -0.39 is 0 Å². The highest BCUT2D eigenvalue weighted by molar-refractivity contribution is 5.98. The highest BCUT2D eigenvalue weighted by Gasteiger charge is 2.27. The molecule has 2 amide bonds. The van der Waals surface area contributed by atoms with Gasteiger partial charge >= 0.3 is 0 Å².